The minimum atomic E-state index is -0.315. The second kappa shape index (κ2) is 7.52. The Labute approximate surface area is 150 Å². The summed E-state index contributed by atoms with van der Waals surface area (Å²) in [5.41, 5.74) is 2.24. The van der Waals surface area contributed by atoms with E-state index < -0.39 is 0 Å². The zero-order valence-electron chi connectivity index (χ0n) is 14.4. The lowest BCUT2D eigenvalue weighted by Gasteiger charge is -2.12. The highest BCUT2D eigenvalue weighted by molar-refractivity contribution is 6.04. The number of imidazole rings is 1. The monoisotopic (exact) mass is 350 g/mol. The molecule has 0 saturated heterocycles. The Balaban J connectivity index is 1.85. The first-order chi connectivity index (χ1) is 12.6. The molecule has 1 heterocycles. The molecule has 0 atom stereocenters. The molecule has 0 spiro atoms. The van der Waals surface area contributed by atoms with Crippen molar-refractivity contribution in [1.82, 2.24) is 9.55 Å². The van der Waals surface area contributed by atoms with Gasteiger partial charge >= 0.3 is 0 Å². The molecule has 2 N–H and O–H groups in total. The fourth-order valence-corrected chi connectivity index (χ4v) is 2.53. The smallest absolute Gasteiger partial charge is 0.274 e. The predicted octanol–water partition coefficient (Wildman–Crippen LogP) is 3.09. The van der Waals surface area contributed by atoms with Gasteiger partial charge < -0.3 is 15.4 Å². The van der Waals surface area contributed by atoms with Gasteiger partial charge in [0.05, 0.1) is 25.3 Å². The number of hydrogen-bond acceptors (Lipinski definition) is 4. The van der Waals surface area contributed by atoms with Gasteiger partial charge in [-0.05, 0) is 30.3 Å². The number of ether oxygens (including phenoxy) is 1. The first-order valence-electron chi connectivity index (χ1n) is 7.93. The quantitative estimate of drug-likeness (QED) is 0.740. The normalized spacial score (nSPS) is 10.2. The highest BCUT2D eigenvalue weighted by Gasteiger charge is 2.14. The van der Waals surface area contributed by atoms with Crippen LogP contribution in [0.1, 0.15) is 17.4 Å². The third-order valence-corrected chi connectivity index (χ3v) is 3.67. The summed E-state index contributed by atoms with van der Waals surface area (Å²) in [4.78, 5) is 28.1. The molecule has 26 heavy (non-hydrogen) atoms. The maximum absolute atomic E-state index is 12.7. The molecule has 1 aromatic heterocycles. The first kappa shape index (κ1) is 17.2. The van der Waals surface area contributed by atoms with Crippen LogP contribution in [0.5, 0.6) is 5.75 Å². The lowest BCUT2D eigenvalue weighted by atomic mass is 10.2. The summed E-state index contributed by atoms with van der Waals surface area (Å²) in [5.74, 6) is -0.0354. The van der Waals surface area contributed by atoms with E-state index in [1.54, 1.807) is 29.1 Å². The van der Waals surface area contributed by atoms with E-state index >= 15 is 0 Å². The average molecular weight is 350 g/mol. The Morgan fingerprint density at radius 1 is 1.08 bits per heavy atom. The van der Waals surface area contributed by atoms with Gasteiger partial charge in [-0.25, -0.2) is 4.98 Å². The fraction of sp³-hybridized carbons (Fsp3) is 0.105. The Bertz CT molecular complexity index is 935. The molecular weight excluding hydrogens is 332 g/mol. The van der Waals surface area contributed by atoms with Crippen LogP contribution in [0.15, 0.2) is 61.1 Å². The first-order valence-corrected chi connectivity index (χ1v) is 7.93. The van der Waals surface area contributed by atoms with E-state index in [2.05, 4.69) is 15.6 Å². The number of rotatable bonds is 5. The Kier molecular flexibility index (Phi) is 4.98. The zero-order chi connectivity index (χ0) is 18.5. The maximum atomic E-state index is 12.7. The summed E-state index contributed by atoms with van der Waals surface area (Å²) in [6.07, 6.45) is 3.08. The van der Waals surface area contributed by atoms with Crippen molar-refractivity contribution in [1.29, 1.82) is 0 Å². The van der Waals surface area contributed by atoms with E-state index in [1.807, 2.05) is 30.3 Å². The molecule has 2 aromatic carbocycles. The van der Waals surface area contributed by atoms with Crippen molar-refractivity contribution >= 4 is 23.2 Å². The number of hydrogen-bond donors (Lipinski definition) is 2. The highest BCUT2D eigenvalue weighted by atomic mass is 16.5. The van der Waals surface area contributed by atoms with Crippen molar-refractivity contribution in [2.75, 3.05) is 17.7 Å². The van der Waals surface area contributed by atoms with Gasteiger partial charge in [0.25, 0.3) is 5.91 Å². The van der Waals surface area contributed by atoms with Crippen LogP contribution in [-0.2, 0) is 4.79 Å². The van der Waals surface area contributed by atoms with Crippen LogP contribution in [0.2, 0.25) is 0 Å². The van der Waals surface area contributed by atoms with Crippen LogP contribution >= 0.6 is 0 Å². The molecule has 0 unspecified atom stereocenters. The van der Waals surface area contributed by atoms with Gasteiger partial charge in [0.2, 0.25) is 5.91 Å². The summed E-state index contributed by atoms with van der Waals surface area (Å²) >= 11 is 0. The highest BCUT2D eigenvalue weighted by Crippen LogP contribution is 2.28. The summed E-state index contributed by atoms with van der Waals surface area (Å²) < 4.78 is 6.92. The molecule has 0 aliphatic heterocycles. The van der Waals surface area contributed by atoms with Gasteiger partial charge in [-0.1, -0.05) is 18.2 Å². The van der Waals surface area contributed by atoms with E-state index in [4.69, 9.17) is 4.74 Å². The van der Waals surface area contributed by atoms with Gasteiger partial charge in [0, 0.05) is 18.3 Å². The summed E-state index contributed by atoms with van der Waals surface area (Å²) in [5, 5.41) is 5.49. The molecule has 3 rings (SSSR count). The van der Waals surface area contributed by atoms with Crippen LogP contribution in [0.3, 0.4) is 0 Å². The van der Waals surface area contributed by atoms with Crippen molar-refractivity contribution in [3.05, 3.63) is 66.7 Å². The second-order valence-corrected chi connectivity index (χ2v) is 5.53. The lowest BCUT2D eigenvalue weighted by Crippen LogP contribution is -2.16. The largest absolute Gasteiger partial charge is 0.495 e. The number of benzene rings is 2. The van der Waals surface area contributed by atoms with Crippen LogP contribution in [0.4, 0.5) is 11.4 Å². The molecule has 2 amide bonds. The minimum absolute atomic E-state index is 0.228. The van der Waals surface area contributed by atoms with Gasteiger partial charge in [-0.2, -0.15) is 0 Å². The third-order valence-electron chi connectivity index (χ3n) is 3.67. The number of carbonyl (C=O) groups excluding carboxylic acids is 2. The summed E-state index contributed by atoms with van der Waals surface area (Å²) in [7, 11) is 1.51. The molecular formula is C19H18N4O3. The maximum Gasteiger partial charge on any atom is 0.274 e. The van der Waals surface area contributed by atoms with Crippen molar-refractivity contribution in [2.24, 2.45) is 0 Å². The van der Waals surface area contributed by atoms with Gasteiger partial charge in [0.15, 0.2) is 0 Å². The van der Waals surface area contributed by atoms with Gasteiger partial charge in [-0.15, -0.1) is 0 Å². The molecule has 0 aliphatic rings. The van der Waals surface area contributed by atoms with Crippen molar-refractivity contribution in [3.8, 4) is 11.4 Å². The molecule has 3 aromatic rings. The molecule has 0 bridgehead atoms. The average Bonchev–Trinajstić information content (AvgIpc) is 3.12. The number of nitrogens with zero attached hydrogens (tertiary/aromatic N) is 2. The van der Waals surface area contributed by atoms with E-state index in [9.17, 15) is 9.59 Å². The topological polar surface area (TPSA) is 85.2 Å². The summed E-state index contributed by atoms with van der Waals surface area (Å²) in [6, 6.07) is 14.5. The molecule has 0 fully saturated rings. The number of methoxy groups -OCH3 is 1. The van der Waals surface area contributed by atoms with E-state index in [0.29, 0.717) is 22.8 Å². The SMILES string of the molecule is COc1ccc(NC(=O)c2cncn2-c2ccccc2)cc1NC(C)=O. The molecule has 0 radical (unpaired) electrons. The minimum Gasteiger partial charge on any atom is -0.495 e. The number of aromatic nitrogens is 2. The summed E-state index contributed by atoms with van der Waals surface area (Å²) in [6.45, 7) is 1.41. The molecule has 7 nitrogen and oxygen atoms in total. The van der Waals surface area contributed by atoms with Gasteiger partial charge in [-0.3, -0.25) is 14.2 Å². The van der Waals surface area contributed by atoms with Crippen LogP contribution in [0, 0.1) is 0 Å². The Morgan fingerprint density at radius 2 is 1.85 bits per heavy atom. The number of amides is 2. The van der Waals surface area contributed by atoms with Crippen LogP contribution in [-0.4, -0.2) is 28.5 Å². The van der Waals surface area contributed by atoms with Crippen LogP contribution < -0.4 is 15.4 Å². The Morgan fingerprint density at radius 3 is 2.54 bits per heavy atom. The molecule has 7 heteroatoms. The second-order valence-electron chi connectivity index (χ2n) is 5.53. The van der Waals surface area contributed by atoms with Crippen LogP contribution in [0.25, 0.3) is 5.69 Å². The molecule has 0 saturated carbocycles. The van der Waals surface area contributed by atoms with E-state index in [1.165, 1.54) is 20.2 Å². The number of para-hydroxylation sites is 1. The van der Waals surface area contributed by atoms with E-state index in [-0.39, 0.29) is 11.8 Å². The third kappa shape index (κ3) is 3.72. The van der Waals surface area contributed by atoms with E-state index in [0.717, 1.165) is 5.69 Å². The van der Waals surface area contributed by atoms with Crippen molar-refractivity contribution < 1.29 is 14.3 Å². The fourth-order valence-electron chi connectivity index (χ4n) is 2.53. The zero-order valence-corrected chi connectivity index (χ0v) is 14.4. The molecule has 132 valence electrons. The number of carbonyl (C=O) groups is 2. The predicted molar refractivity (Wildman–Crippen MR) is 98.8 cm³/mol. The van der Waals surface area contributed by atoms with Crippen molar-refractivity contribution in [2.45, 2.75) is 6.92 Å². The number of nitrogens with one attached hydrogen (secondary N) is 2. The van der Waals surface area contributed by atoms with Gasteiger partial charge in [0.1, 0.15) is 11.4 Å². The standard InChI is InChI=1S/C19H18N4O3/c1-13(24)21-16-10-14(8-9-18(16)26-2)22-19(25)17-11-20-12-23(17)15-6-4-3-5-7-15/h3-12H,1-2H3,(H,21,24)(H,22,25). The van der Waals surface area contributed by atoms with Crippen molar-refractivity contribution in [3.63, 3.8) is 0 Å². The lowest BCUT2D eigenvalue weighted by molar-refractivity contribution is -0.114. The number of anilines is 2. The Hall–Kier alpha value is -3.61. The molecule has 0 aliphatic carbocycles.